The van der Waals surface area contributed by atoms with Crippen LogP contribution in [0.1, 0.15) is 28.7 Å². The van der Waals surface area contributed by atoms with Crippen molar-refractivity contribution in [3.05, 3.63) is 53.3 Å². The number of hydrogen-bond donors (Lipinski definition) is 2. The second kappa shape index (κ2) is 6.26. The third-order valence-corrected chi connectivity index (χ3v) is 3.19. The quantitative estimate of drug-likeness (QED) is 0.843. The molecule has 1 amide bonds. The van der Waals surface area contributed by atoms with Crippen LogP contribution in [0.5, 0.6) is 0 Å². The highest BCUT2D eigenvalue weighted by Gasteiger charge is 2.16. The molecule has 5 nitrogen and oxygen atoms in total. The van der Waals surface area contributed by atoms with Crippen LogP contribution in [0.3, 0.4) is 0 Å². The summed E-state index contributed by atoms with van der Waals surface area (Å²) in [6.07, 6.45) is 0. The second-order valence-electron chi connectivity index (χ2n) is 4.98. The molecular formula is C16H20N4O. The molecule has 0 aliphatic carbocycles. The van der Waals surface area contributed by atoms with Gasteiger partial charge in [0.2, 0.25) is 0 Å². The molecule has 2 aromatic rings. The summed E-state index contributed by atoms with van der Waals surface area (Å²) in [5, 5.41) is 0. The van der Waals surface area contributed by atoms with E-state index >= 15 is 0 Å². The highest BCUT2D eigenvalue weighted by Crippen LogP contribution is 2.16. The Balaban J connectivity index is 2.22. The number of nitrogens with two attached hydrogens (primary N) is 2. The third kappa shape index (κ3) is 3.72. The minimum absolute atomic E-state index is 0.0974. The van der Waals surface area contributed by atoms with E-state index in [1.54, 1.807) is 23.1 Å². The van der Waals surface area contributed by atoms with Crippen LogP contribution < -0.4 is 11.5 Å². The molecule has 0 aliphatic rings. The molecule has 0 saturated carbocycles. The Kier molecular flexibility index (Phi) is 4.42. The van der Waals surface area contributed by atoms with Gasteiger partial charge < -0.3 is 16.4 Å². The zero-order valence-electron chi connectivity index (χ0n) is 12.3. The van der Waals surface area contributed by atoms with Crippen molar-refractivity contribution < 1.29 is 4.79 Å². The summed E-state index contributed by atoms with van der Waals surface area (Å²) in [4.78, 5) is 18.7. The van der Waals surface area contributed by atoms with Crippen molar-refractivity contribution in [3.8, 4) is 0 Å². The van der Waals surface area contributed by atoms with E-state index in [1.165, 1.54) is 0 Å². The largest absolute Gasteiger partial charge is 0.399 e. The highest BCUT2D eigenvalue weighted by molar-refractivity contribution is 5.96. The maximum atomic E-state index is 12.6. The van der Waals surface area contributed by atoms with Gasteiger partial charge in [0.05, 0.1) is 12.2 Å². The fourth-order valence-electron chi connectivity index (χ4n) is 2.19. The molecule has 2 rings (SSSR count). The number of carbonyl (C=O) groups excluding carboxylic acids is 1. The lowest BCUT2D eigenvalue weighted by atomic mass is 10.1. The first-order chi connectivity index (χ1) is 9.99. The van der Waals surface area contributed by atoms with Gasteiger partial charge in [-0.3, -0.25) is 9.78 Å². The predicted octanol–water partition coefficient (Wildman–Crippen LogP) is 2.22. The summed E-state index contributed by atoms with van der Waals surface area (Å²) in [7, 11) is 0. The first-order valence-electron chi connectivity index (χ1n) is 6.87. The Bertz CT molecular complexity index is 634. The molecule has 110 valence electrons. The number of nitrogens with zero attached hydrogens (tertiary/aromatic N) is 2. The Morgan fingerprint density at radius 1 is 1.19 bits per heavy atom. The van der Waals surface area contributed by atoms with E-state index in [0.717, 1.165) is 11.4 Å². The van der Waals surface area contributed by atoms with Crippen LogP contribution in [0.4, 0.5) is 11.4 Å². The summed E-state index contributed by atoms with van der Waals surface area (Å²) in [5.41, 5.74) is 14.8. The molecule has 0 aliphatic heterocycles. The molecule has 1 aromatic heterocycles. The third-order valence-electron chi connectivity index (χ3n) is 3.19. The SMILES string of the molecule is CCN(Cc1cccc(C)n1)C(=O)c1cc(N)cc(N)c1. The highest BCUT2D eigenvalue weighted by atomic mass is 16.2. The van der Waals surface area contributed by atoms with Crippen LogP contribution in [0.2, 0.25) is 0 Å². The van der Waals surface area contributed by atoms with Gasteiger partial charge in [-0.25, -0.2) is 0 Å². The number of anilines is 2. The zero-order chi connectivity index (χ0) is 15.4. The number of aromatic nitrogens is 1. The van der Waals surface area contributed by atoms with E-state index in [0.29, 0.717) is 30.0 Å². The van der Waals surface area contributed by atoms with Crippen molar-refractivity contribution in [1.82, 2.24) is 9.88 Å². The smallest absolute Gasteiger partial charge is 0.254 e. The maximum absolute atomic E-state index is 12.6. The van der Waals surface area contributed by atoms with E-state index < -0.39 is 0 Å². The lowest BCUT2D eigenvalue weighted by molar-refractivity contribution is 0.0750. The summed E-state index contributed by atoms with van der Waals surface area (Å²) in [5.74, 6) is -0.0974. The Morgan fingerprint density at radius 3 is 2.43 bits per heavy atom. The molecule has 0 spiro atoms. The van der Waals surface area contributed by atoms with Crippen molar-refractivity contribution in [2.45, 2.75) is 20.4 Å². The Morgan fingerprint density at radius 2 is 1.86 bits per heavy atom. The van der Waals surface area contributed by atoms with Gasteiger partial charge in [-0.2, -0.15) is 0 Å². The van der Waals surface area contributed by atoms with Crippen LogP contribution in [0.15, 0.2) is 36.4 Å². The van der Waals surface area contributed by atoms with Crippen LogP contribution in [-0.4, -0.2) is 22.3 Å². The van der Waals surface area contributed by atoms with E-state index in [-0.39, 0.29) is 5.91 Å². The molecule has 1 heterocycles. The Hall–Kier alpha value is -2.56. The number of nitrogen functional groups attached to an aromatic ring is 2. The van der Waals surface area contributed by atoms with E-state index in [1.807, 2.05) is 32.0 Å². The van der Waals surface area contributed by atoms with Gasteiger partial charge >= 0.3 is 0 Å². The lowest BCUT2D eigenvalue weighted by Gasteiger charge is -2.21. The van der Waals surface area contributed by atoms with Crippen molar-refractivity contribution in [2.75, 3.05) is 18.0 Å². The monoisotopic (exact) mass is 284 g/mol. The minimum Gasteiger partial charge on any atom is -0.399 e. The normalized spacial score (nSPS) is 10.4. The second-order valence-corrected chi connectivity index (χ2v) is 4.98. The number of carbonyl (C=O) groups is 1. The van der Waals surface area contributed by atoms with Crippen LogP contribution in [0.25, 0.3) is 0 Å². The molecule has 21 heavy (non-hydrogen) atoms. The predicted molar refractivity (Wildman–Crippen MR) is 84.7 cm³/mol. The molecule has 0 bridgehead atoms. The number of aryl methyl sites for hydroxylation is 1. The fourth-order valence-corrected chi connectivity index (χ4v) is 2.19. The number of amides is 1. The maximum Gasteiger partial charge on any atom is 0.254 e. The first kappa shape index (κ1) is 14.8. The van der Waals surface area contributed by atoms with Crippen LogP contribution >= 0.6 is 0 Å². The van der Waals surface area contributed by atoms with Gasteiger partial charge in [-0.05, 0) is 44.2 Å². The van der Waals surface area contributed by atoms with Crippen molar-refractivity contribution in [1.29, 1.82) is 0 Å². The molecule has 1 aromatic carbocycles. The zero-order valence-corrected chi connectivity index (χ0v) is 12.3. The first-order valence-corrected chi connectivity index (χ1v) is 6.87. The van der Waals surface area contributed by atoms with Gasteiger partial charge in [0, 0.05) is 29.2 Å². The lowest BCUT2D eigenvalue weighted by Crippen LogP contribution is -2.30. The molecule has 0 atom stereocenters. The summed E-state index contributed by atoms with van der Waals surface area (Å²) in [6.45, 7) is 4.92. The standard InChI is InChI=1S/C16H20N4O/c1-3-20(10-15-6-4-5-11(2)19-15)16(21)12-7-13(17)9-14(18)8-12/h4-9H,3,10,17-18H2,1-2H3. The van der Waals surface area contributed by atoms with Gasteiger partial charge in [0.25, 0.3) is 5.91 Å². The molecule has 0 fully saturated rings. The molecule has 0 saturated heterocycles. The number of rotatable bonds is 4. The van der Waals surface area contributed by atoms with Gasteiger partial charge in [-0.15, -0.1) is 0 Å². The fraction of sp³-hybridized carbons (Fsp3) is 0.250. The molecular weight excluding hydrogens is 264 g/mol. The van der Waals surface area contributed by atoms with Crippen molar-refractivity contribution in [2.24, 2.45) is 0 Å². The summed E-state index contributed by atoms with van der Waals surface area (Å²) in [6, 6.07) is 10.7. The van der Waals surface area contributed by atoms with E-state index in [4.69, 9.17) is 11.5 Å². The topological polar surface area (TPSA) is 85.2 Å². The van der Waals surface area contributed by atoms with E-state index in [2.05, 4.69) is 4.98 Å². The number of benzene rings is 1. The molecule has 0 unspecified atom stereocenters. The van der Waals surface area contributed by atoms with Crippen LogP contribution in [0, 0.1) is 6.92 Å². The van der Waals surface area contributed by atoms with Crippen molar-refractivity contribution in [3.63, 3.8) is 0 Å². The summed E-state index contributed by atoms with van der Waals surface area (Å²) >= 11 is 0. The molecule has 0 radical (unpaired) electrons. The number of hydrogen-bond acceptors (Lipinski definition) is 4. The average molecular weight is 284 g/mol. The average Bonchev–Trinajstić information content (AvgIpc) is 2.43. The van der Waals surface area contributed by atoms with E-state index in [9.17, 15) is 4.79 Å². The minimum atomic E-state index is -0.0974. The molecule has 5 heteroatoms. The van der Waals surface area contributed by atoms with Crippen LogP contribution in [-0.2, 0) is 6.54 Å². The van der Waals surface area contributed by atoms with Gasteiger partial charge in [-0.1, -0.05) is 6.07 Å². The Labute approximate surface area is 124 Å². The van der Waals surface area contributed by atoms with Crippen molar-refractivity contribution >= 4 is 17.3 Å². The number of pyridine rings is 1. The van der Waals surface area contributed by atoms with Gasteiger partial charge in [0.15, 0.2) is 0 Å². The van der Waals surface area contributed by atoms with Gasteiger partial charge in [0.1, 0.15) is 0 Å². The molecule has 4 N–H and O–H groups in total. The summed E-state index contributed by atoms with van der Waals surface area (Å²) < 4.78 is 0.